The van der Waals surface area contributed by atoms with Gasteiger partial charge in [-0.1, -0.05) is 191 Å². The maximum atomic E-state index is 4.97. The number of pyridine rings is 4. The van der Waals surface area contributed by atoms with Gasteiger partial charge in [-0.15, -0.1) is 0 Å². The summed E-state index contributed by atoms with van der Waals surface area (Å²) in [5.74, 6) is 3.04. The average molecular weight is 1740 g/mol. The Morgan fingerprint density at radius 1 is 0.323 bits per heavy atom. The summed E-state index contributed by atoms with van der Waals surface area (Å²) >= 11 is 0. The van der Waals surface area contributed by atoms with Crippen molar-refractivity contribution in [3.63, 3.8) is 0 Å². The predicted molar refractivity (Wildman–Crippen MR) is 535 cm³/mol. The van der Waals surface area contributed by atoms with Crippen LogP contribution in [0, 0.1) is 0 Å². The number of hydrogen-bond donors (Lipinski definition) is 11. The summed E-state index contributed by atoms with van der Waals surface area (Å²) in [4.78, 5) is 55.7. The van der Waals surface area contributed by atoms with Crippen molar-refractivity contribution in [1.82, 2.24) is 126 Å². The fourth-order valence-electron chi connectivity index (χ4n) is 17.7. The van der Waals surface area contributed by atoms with E-state index >= 15 is 0 Å². The fraction of sp³-hybridized carbons (Fsp3) is 0.120. The van der Waals surface area contributed by atoms with Gasteiger partial charge in [-0.3, -0.25) is 40.3 Å². The van der Waals surface area contributed by atoms with Crippen LogP contribution in [0.3, 0.4) is 0 Å². The van der Waals surface area contributed by atoms with E-state index in [1.165, 1.54) is 32.7 Å². The Morgan fingerprint density at radius 2 is 0.647 bits per heavy atom. The third kappa shape index (κ3) is 16.2. The molecule has 25 heteroatoms. The molecule has 11 N–H and O–H groups in total. The first-order valence-electron chi connectivity index (χ1n) is 44.6. The average Bonchev–Trinajstić information content (AvgIpc) is 1.53. The van der Waals surface area contributed by atoms with E-state index in [9.17, 15) is 0 Å². The van der Waals surface area contributed by atoms with Gasteiger partial charge in [0.1, 0.15) is 22.8 Å². The summed E-state index contributed by atoms with van der Waals surface area (Å²) in [7, 11) is 0. The van der Waals surface area contributed by atoms with Crippen molar-refractivity contribution in [2.75, 3.05) is 6.54 Å². The van der Waals surface area contributed by atoms with Crippen molar-refractivity contribution in [3.8, 4) is 90.6 Å². The van der Waals surface area contributed by atoms with Crippen LogP contribution in [-0.4, -0.2) is 128 Å². The lowest BCUT2D eigenvalue weighted by molar-refractivity contribution is 0.425. The number of fused-ring (bicyclic) bond motifs is 12. The van der Waals surface area contributed by atoms with Gasteiger partial charge in [0.2, 0.25) is 0 Å². The van der Waals surface area contributed by atoms with E-state index in [2.05, 4.69) is 349 Å². The van der Waals surface area contributed by atoms with E-state index in [4.69, 9.17) is 19.9 Å². The molecule has 0 unspecified atom stereocenters. The Hall–Kier alpha value is -16.9. The summed E-state index contributed by atoms with van der Waals surface area (Å²) in [5, 5.41) is 54.9. The Labute approximate surface area is 762 Å². The molecule has 0 atom stereocenters. The van der Waals surface area contributed by atoms with Crippen molar-refractivity contribution >= 4 is 131 Å². The summed E-state index contributed by atoms with van der Waals surface area (Å²) < 4.78 is 2.04. The molecule has 0 spiro atoms. The Kier molecular flexibility index (Phi) is 21.5. The summed E-state index contributed by atoms with van der Waals surface area (Å²) in [6.45, 7) is 16.9. The van der Waals surface area contributed by atoms with Crippen LogP contribution in [0.5, 0.6) is 0 Å². The highest BCUT2D eigenvalue weighted by atomic mass is 15.2. The minimum Gasteiger partial charge on any atom is -0.337 e. The van der Waals surface area contributed by atoms with Crippen molar-refractivity contribution in [2.45, 2.75) is 79.3 Å². The number of nitrogens with one attached hydrogen (secondary N) is 11. The number of para-hydroxylation sites is 4. The summed E-state index contributed by atoms with van der Waals surface area (Å²) in [5.41, 5.74) is 28.5. The largest absolute Gasteiger partial charge is 0.337 e. The number of benzene rings is 12. The van der Waals surface area contributed by atoms with Crippen molar-refractivity contribution in [2.24, 2.45) is 0 Å². The van der Waals surface area contributed by atoms with Crippen LogP contribution in [0.25, 0.3) is 221 Å². The first kappa shape index (κ1) is 81.9. The van der Waals surface area contributed by atoms with E-state index in [1.807, 2.05) is 103 Å². The van der Waals surface area contributed by atoms with Crippen molar-refractivity contribution < 1.29 is 0 Å². The highest BCUT2D eigenvalue weighted by Crippen LogP contribution is 2.40. The zero-order valence-corrected chi connectivity index (χ0v) is 73.8. The molecule has 0 aliphatic carbocycles. The molecule has 13 aromatic heterocycles. The topological polar surface area (TPSA) is 335 Å². The molecule has 133 heavy (non-hydrogen) atoms. The van der Waals surface area contributed by atoms with E-state index in [0.29, 0.717) is 12.6 Å². The number of nitrogens with zero attached hydrogens (tertiary/aromatic N) is 14. The lowest BCUT2D eigenvalue weighted by Crippen LogP contribution is -2.35. The van der Waals surface area contributed by atoms with Gasteiger partial charge < -0.3 is 40.5 Å². The second kappa shape index (κ2) is 35.0. The predicted octanol–water partition coefficient (Wildman–Crippen LogP) is 23.0. The molecule has 13 heterocycles. The van der Waals surface area contributed by atoms with Crippen LogP contribution in [0.15, 0.2) is 311 Å². The third-order valence-electron chi connectivity index (χ3n) is 24.4. The Bertz CT molecular complexity index is 8600. The zero-order chi connectivity index (χ0) is 89.6. The van der Waals surface area contributed by atoms with Crippen LogP contribution in [0.2, 0.25) is 0 Å². The third-order valence-corrected chi connectivity index (χ3v) is 24.4. The maximum Gasteiger partial charge on any atom is 0.159 e. The Morgan fingerprint density at radius 3 is 0.970 bits per heavy atom. The fourth-order valence-corrected chi connectivity index (χ4v) is 17.7. The quantitative estimate of drug-likeness (QED) is 0.0380. The molecule has 0 amide bonds. The van der Waals surface area contributed by atoms with Gasteiger partial charge in [0, 0.05) is 159 Å². The second-order valence-electron chi connectivity index (χ2n) is 34.7. The van der Waals surface area contributed by atoms with Crippen LogP contribution >= 0.6 is 0 Å². The van der Waals surface area contributed by atoms with Crippen molar-refractivity contribution in [3.05, 3.63) is 333 Å². The zero-order valence-electron chi connectivity index (χ0n) is 73.8. The molecule has 0 saturated heterocycles. The molecule has 12 aromatic carbocycles. The number of imidazole rings is 5. The number of aromatic nitrogens is 22. The normalized spacial score (nSPS) is 11.8. The molecular formula is C108H91N25. The van der Waals surface area contributed by atoms with Crippen molar-refractivity contribution in [1.29, 1.82) is 0 Å². The molecule has 0 aliphatic heterocycles. The van der Waals surface area contributed by atoms with Crippen LogP contribution in [0.1, 0.15) is 63.8 Å². The first-order chi connectivity index (χ1) is 65.3. The van der Waals surface area contributed by atoms with Gasteiger partial charge >= 0.3 is 0 Å². The molecule has 0 aliphatic rings. The van der Waals surface area contributed by atoms with Gasteiger partial charge in [-0.05, 0) is 166 Å². The molecule has 25 rings (SSSR count). The highest BCUT2D eigenvalue weighted by Gasteiger charge is 2.24. The summed E-state index contributed by atoms with van der Waals surface area (Å²) in [6.07, 6.45) is 20.9. The van der Waals surface area contributed by atoms with E-state index in [0.717, 1.165) is 237 Å². The molecule has 25 aromatic rings. The minimum atomic E-state index is 0.0343. The SMILES string of the molecule is CC(C)(C)NCc1cccc2[nH]c(-c3n[nH]c4ccc(-c5cncc6ccccc56)cc34)nc12.CC(C)NCc1cccc2[nH]c(-c3n[nH]c4ccc(-c5cncc6ccccc56)cc34)nc12.CCNCc1cccc2[nH]c(-c3n[nH]c4ccc(-c5cncc6ccccc56)cc34)nc12.c1ccc2c(-c3ccc4[nH]nc(-c5nc6c(Cn7ccnc7)cccc6[nH]5)c4c3)cncc2c1. The molecule has 0 radical (unpaired) electrons. The van der Waals surface area contributed by atoms with E-state index in [-0.39, 0.29) is 5.54 Å². The lowest BCUT2D eigenvalue weighted by atomic mass is 9.99. The van der Waals surface area contributed by atoms with Crippen LogP contribution in [0.4, 0.5) is 0 Å². The maximum absolute atomic E-state index is 4.97. The van der Waals surface area contributed by atoms with Crippen LogP contribution < -0.4 is 16.0 Å². The second-order valence-corrected chi connectivity index (χ2v) is 34.7. The van der Waals surface area contributed by atoms with Gasteiger partial charge in [0.15, 0.2) is 23.3 Å². The number of rotatable bonds is 18. The van der Waals surface area contributed by atoms with Crippen LogP contribution in [-0.2, 0) is 26.2 Å². The molecule has 0 fully saturated rings. The standard InChI is InChI=1S/C28H26N6.C27H19N7.C27H24N6.C26H22N6/c1-28(2,3)30-15-19-8-6-10-24-25(19)32-27(31-24)26-21-13-17(11-12-23(21)33-34-26)22-16-29-14-18-7-4-5-9-20(18)22;1-2-6-20-18(4-1)13-29-14-22(20)17-8-9-23-21(12-17)26(33-32-23)27-30-24-7-3-5-19(25(24)31-27)15-34-11-10-28-16-34;1-16(2)29-14-19-7-5-9-24-25(19)31-27(30-24)26-21-12-17(10-11-23(21)32-33-26)22-15-28-13-18-6-3-4-8-20(18)22;1-2-27-14-18-7-5-9-23-24(18)30-26(29-23)25-20-12-16(10-11-22(20)31-32-25)21-15-28-13-17-6-3-4-8-19(17)21/h4-14,16,30H,15H2,1-3H3,(H,31,32)(H,33,34);1-14,16H,15H2,(H,30,31)(H,32,33);3-13,15-16,29H,14H2,1-2H3,(H,30,31)(H,32,33);3-13,15,27H,2,14H2,1H3,(H,29,30)(H,31,32). The number of aromatic amines is 8. The first-order valence-corrected chi connectivity index (χ1v) is 44.6. The highest BCUT2D eigenvalue weighted by molar-refractivity contribution is 6.06. The lowest BCUT2D eigenvalue weighted by Gasteiger charge is -2.20. The van der Waals surface area contributed by atoms with Gasteiger partial charge in [0.25, 0.3) is 0 Å². The van der Waals surface area contributed by atoms with E-state index in [1.54, 1.807) is 6.20 Å². The van der Waals surface area contributed by atoms with Gasteiger partial charge in [0.05, 0.1) is 79.1 Å². The number of hydrogen-bond acceptors (Lipinski definition) is 16. The van der Waals surface area contributed by atoms with Gasteiger partial charge in [-0.25, -0.2) is 24.9 Å². The molecule has 648 valence electrons. The van der Waals surface area contributed by atoms with E-state index < -0.39 is 0 Å². The summed E-state index contributed by atoms with van der Waals surface area (Å²) in [6, 6.07) is 84.1. The van der Waals surface area contributed by atoms with Gasteiger partial charge in [-0.2, -0.15) is 20.4 Å². The molecular weight excluding hydrogens is 1650 g/mol. The number of H-pyrrole nitrogens is 8. The molecule has 0 bridgehead atoms. The molecule has 25 nitrogen and oxygen atoms in total. The Balaban J connectivity index is 0.000000103. The molecule has 0 saturated carbocycles. The monoisotopic (exact) mass is 1740 g/mol. The minimum absolute atomic E-state index is 0.0343. The smallest absolute Gasteiger partial charge is 0.159 e.